The normalized spacial score (nSPS) is 11.7. The van der Waals surface area contributed by atoms with Gasteiger partial charge in [-0.05, 0) is 93.0 Å². The Kier molecular flexibility index (Phi) is 8.60. The van der Waals surface area contributed by atoms with Crippen LogP contribution >= 0.6 is 0 Å². The molecule has 9 aromatic rings. The molecule has 0 aliphatic heterocycles. The maximum Gasteiger partial charge on any atom is 0.0619 e. The van der Waals surface area contributed by atoms with Gasteiger partial charge in [0.15, 0.2) is 0 Å². The van der Waals surface area contributed by atoms with Crippen LogP contribution in [0.2, 0.25) is 0 Å². The second-order valence-corrected chi connectivity index (χ2v) is 15.0. The van der Waals surface area contributed by atoms with Crippen LogP contribution in [-0.2, 0) is 0 Å². The SMILES string of the molecule is CC(C)c1ccc(N(c2ccc3ccccc3c2)c2c3ccccc3c(N(c3ccc(C(C)C)cc3)c3ccc4ccccc4c3)c3ccccc23)cc1. The molecule has 2 heteroatoms. The number of fused-ring (bicyclic) bond motifs is 4. The number of anilines is 6. The first kappa shape index (κ1) is 33.5. The molecule has 0 aliphatic carbocycles. The van der Waals surface area contributed by atoms with E-state index in [-0.39, 0.29) is 0 Å². The van der Waals surface area contributed by atoms with E-state index < -0.39 is 0 Å². The third kappa shape index (κ3) is 5.94. The standard InChI is InChI=1S/C52H44N2/c1-35(2)37-21-27-43(28-22-37)53(45-31-25-39-13-5-7-15-41(39)33-45)51-47-17-9-11-19-49(47)52(50-20-12-10-18-48(50)51)54(44-29-23-38(24-30-44)36(3)4)46-32-26-40-14-6-8-16-42(40)34-46/h5-36H,1-4H3. The molecule has 0 bridgehead atoms. The third-order valence-electron chi connectivity index (χ3n) is 10.9. The summed E-state index contributed by atoms with van der Waals surface area (Å²) >= 11 is 0. The van der Waals surface area contributed by atoms with Crippen LogP contribution in [0.25, 0.3) is 43.1 Å². The highest BCUT2D eigenvalue weighted by atomic mass is 15.2. The molecule has 2 nitrogen and oxygen atoms in total. The van der Waals surface area contributed by atoms with E-state index in [1.165, 1.54) is 65.6 Å². The van der Waals surface area contributed by atoms with E-state index in [4.69, 9.17) is 0 Å². The number of benzene rings is 9. The molecular weight excluding hydrogens is 653 g/mol. The van der Waals surface area contributed by atoms with Crippen molar-refractivity contribution in [3.8, 4) is 0 Å². The fourth-order valence-corrected chi connectivity index (χ4v) is 8.03. The zero-order chi connectivity index (χ0) is 36.8. The maximum atomic E-state index is 2.47. The molecule has 0 N–H and O–H groups in total. The predicted octanol–water partition coefficient (Wildman–Crippen LogP) is 15.5. The lowest BCUT2D eigenvalue weighted by Crippen LogP contribution is -2.14. The van der Waals surface area contributed by atoms with E-state index in [0.717, 1.165) is 22.7 Å². The van der Waals surface area contributed by atoms with Crippen LogP contribution < -0.4 is 9.80 Å². The number of rotatable bonds is 8. The first-order valence-corrected chi connectivity index (χ1v) is 19.2. The minimum Gasteiger partial charge on any atom is -0.309 e. The van der Waals surface area contributed by atoms with Crippen molar-refractivity contribution in [2.24, 2.45) is 0 Å². The summed E-state index contributed by atoms with van der Waals surface area (Å²) in [5, 5.41) is 9.67. The van der Waals surface area contributed by atoms with Gasteiger partial charge < -0.3 is 9.80 Å². The predicted molar refractivity (Wildman–Crippen MR) is 234 cm³/mol. The highest BCUT2D eigenvalue weighted by Gasteiger charge is 2.25. The van der Waals surface area contributed by atoms with Crippen molar-refractivity contribution in [1.82, 2.24) is 0 Å². The second-order valence-electron chi connectivity index (χ2n) is 15.0. The Morgan fingerprint density at radius 2 is 0.593 bits per heavy atom. The van der Waals surface area contributed by atoms with Crippen LogP contribution in [0.15, 0.2) is 182 Å². The molecule has 262 valence electrons. The van der Waals surface area contributed by atoms with Crippen molar-refractivity contribution in [2.75, 3.05) is 9.80 Å². The zero-order valence-electron chi connectivity index (χ0n) is 31.4. The molecule has 0 fully saturated rings. The molecule has 0 aliphatic rings. The van der Waals surface area contributed by atoms with Gasteiger partial charge in [-0.25, -0.2) is 0 Å². The van der Waals surface area contributed by atoms with Crippen LogP contribution in [0.1, 0.15) is 50.7 Å². The lowest BCUT2D eigenvalue weighted by Gasteiger charge is -2.33. The summed E-state index contributed by atoms with van der Waals surface area (Å²) in [7, 11) is 0. The summed E-state index contributed by atoms with van der Waals surface area (Å²) in [5.41, 5.74) is 9.53. The van der Waals surface area contributed by atoms with Gasteiger partial charge in [0, 0.05) is 44.3 Å². The van der Waals surface area contributed by atoms with Gasteiger partial charge in [0.25, 0.3) is 0 Å². The van der Waals surface area contributed by atoms with Crippen LogP contribution in [-0.4, -0.2) is 0 Å². The summed E-state index contributed by atoms with van der Waals surface area (Å²) in [4.78, 5) is 4.95. The Labute approximate surface area is 318 Å². The molecule has 0 saturated heterocycles. The van der Waals surface area contributed by atoms with Crippen molar-refractivity contribution in [2.45, 2.75) is 39.5 Å². The van der Waals surface area contributed by atoms with Gasteiger partial charge in [-0.1, -0.05) is 161 Å². The van der Waals surface area contributed by atoms with Crippen molar-refractivity contribution < 1.29 is 0 Å². The minimum atomic E-state index is 0.449. The first-order valence-electron chi connectivity index (χ1n) is 19.2. The number of hydrogen-bond acceptors (Lipinski definition) is 2. The first-order chi connectivity index (χ1) is 26.4. The smallest absolute Gasteiger partial charge is 0.0619 e. The molecular formula is C52H44N2. The van der Waals surface area contributed by atoms with Gasteiger partial charge in [0.1, 0.15) is 0 Å². The van der Waals surface area contributed by atoms with Crippen molar-refractivity contribution in [1.29, 1.82) is 0 Å². The Balaban J connectivity index is 1.36. The molecule has 9 rings (SSSR count). The van der Waals surface area contributed by atoms with E-state index in [2.05, 4.69) is 219 Å². The summed E-state index contributed by atoms with van der Waals surface area (Å²) in [6, 6.07) is 67.3. The monoisotopic (exact) mass is 696 g/mol. The van der Waals surface area contributed by atoms with E-state index in [1.807, 2.05) is 0 Å². The Morgan fingerprint density at radius 1 is 0.296 bits per heavy atom. The Morgan fingerprint density at radius 3 is 0.926 bits per heavy atom. The summed E-state index contributed by atoms with van der Waals surface area (Å²) in [6.07, 6.45) is 0. The minimum absolute atomic E-state index is 0.449. The topological polar surface area (TPSA) is 6.48 Å². The van der Waals surface area contributed by atoms with E-state index in [1.54, 1.807) is 0 Å². The molecule has 0 saturated carbocycles. The quantitative estimate of drug-likeness (QED) is 0.115. The molecule has 0 radical (unpaired) electrons. The van der Waals surface area contributed by atoms with Gasteiger partial charge in [-0.3, -0.25) is 0 Å². The fraction of sp³-hybridized carbons (Fsp3) is 0.115. The fourth-order valence-electron chi connectivity index (χ4n) is 8.03. The highest BCUT2D eigenvalue weighted by Crippen LogP contribution is 2.51. The molecule has 0 unspecified atom stereocenters. The zero-order valence-corrected chi connectivity index (χ0v) is 31.4. The summed E-state index contributed by atoms with van der Waals surface area (Å²) in [5.74, 6) is 0.898. The van der Waals surface area contributed by atoms with Crippen LogP contribution in [0, 0.1) is 0 Å². The Bertz CT molecular complexity index is 2530. The van der Waals surface area contributed by atoms with Crippen LogP contribution in [0.3, 0.4) is 0 Å². The average molecular weight is 697 g/mol. The molecule has 9 aromatic carbocycles. The van der Waals surface area contributed by atoms with Gasteiger partial charge in [-0.15, -0.1) is 0 Å². The average Bonchev–Trinajstić information content (AvgIpc) is 3.22. The number of nitrogens with zero attached hydrogens (tertiary/aromatic N) is 2. The molecule has 0 atom stereocenters. The molecule has 0 amide bonds. The molecule has 54 heavy (non-hydrogen) atoms. The molecule has 0 heterocycles. The van der Waals surface area contributed by atoms with Gasteiger partial charge in [-0.2, -0.15) is 0 Å². The van der Waals surface area contributed by atoms with Crippen molar-refractivity contribution in [3.63, 3.8) is 0 Å². The van der Waals surface area contributed by atoms with Crippen molar-refractivity contribution in [3.05, 3.63) is 193 Å². The molecule has 0 aromatic heterocycles. The van der Waals surface area contributed by atoms with E-state index in [0.29, 0.717) is 11.8 Å². The number of hydrogen-bond donors (Lipinski definition) is 0. The van der Waals surface area contributed by atoms with Gasteiger partial charge >= 0.3 is 0 Å². The van der Waals surface area contributed by atoms with Gasteiger partial charge in [0.05, 0.1) is 11.4 Å². The van der Waals surface area contributed by atoms with E-state index >= 15 is 0 Å². The van der Waals surface area contributed by atoms with E-state index in [9.17, 15) is 0 Å². The molecule has 0 spiro atoms. The summed E-state index contributed by atoms with van der Waals surface area (Å²) in [6.45, 7) is 9.03. The third-order valence-corrected chi connectivity index (χ3v) is 10.9. The summed E-state index contributed by atoms with van der Waals surface area (Å²) < 4.78 is 0. The van der Waals surface area contributed by atoms with Gasteiger partial charge in [0.2, 0.25) is 0 Å². The van der Waals surface area contributed by atoms with Crippen LogP contribution in [0.5, 0.6) is 0 Å². The maximum absolute atomic E-state index is 2.47. The van der Waals surface area contributed by atoms with Crippen molar-refractivity contribution >= 4 is 77.2 Å². The highest BCUT2D eigenvalue weighted by molar-refractivity contribution is 6.23. The van der Waals surface area contributed by atoms with Crippen LogP contribution in [0.4, 0.5) is 34.1 Å². The Hall–Kier alpha value is -6.38. The lowest BCUT2D eigenvalue weighted by atomic mass is 9.94. The largest absolute Gasteiger partial charge is 0.309 e. The lowest BCUT2D eigenvalue weighted by molar-refractivity contribution is 0.866. The second kappa shape index (κ2) is 13.9.